The molecule has 0 rings (SSSR count). The molecule has 0 aromatic heterocycles. The third-order valence-electron chi connectivity index (χ3n) is 3.12. The highest BCUT2D eigenvalue weighted by atomic mass is 15.1. The van der Waals surface area contributed by atoms with Crippen molar-refractivity contribution in [3.8, 4) is 0 Å². The molecule has 0 saturated heterocycles. The SMILES string of the molecule is CCCN(CC)CCCCCCNCC(C)C. The standard InChI is InChI=1S/C15H34N2/c1-5-12-17(6-2)13-10-8-7-9-11-16-14-15(3)4/h15-16H,5-14H2,1-4H3. The number of nitrogens with zero attached hydrogens (tertiary/aromatic N) is 1. The maximum atomic E-state index is 3.51. The average Bonchev–Trinajstić information content (AvgIpc) is 2.30. The number of hydrogen-bond acceptors (Lipinski definition) is 2. The van der Waals surface area contributed by atoms with E-state index in [9.17, 15) is 0 Å². The molecule has 0 spiro atoms. The van der Waals surface area contributed by atoms with Gasteiger partial charge in [-0.1, -0.05) is 40.5 Å². The van der Waals surface area contributed by atoms with Crippen LogP contribution >= 0.6 is 0 Å². The molecule has 2 heteroatoms. The Balaban J connectivity index is 3.17. The van der Waals surface area contributed by atoms with E-state index in [2.05, 4.69) is 37.9 Å². The van der Waals surface area contributed by atoms with E-state index in [1.54, 1.807) is 0 Å². The molecule has 0 atom stereocenters. The molecule has 0 aromatic rings. The van der Waals surface area contributed by atoms with Crippen LogP contribution < -0.4 is 5.32 Å². The van der Waals surface area contributed by atoms with Crippen molar-refractivity contribution >= 4 is 0 Å². The molecule has 0 unspecified atom stereocenters. The van der Waals surface area contributed by atoms with Crippen LogP contribution in [0.25, 0.3) is 0 Å². The molecular weight excluding hydrogens is 208 g/mol. The minimum absolute atomic E-state index is 0.780. The Morgan fingerprint density at radius 3 is 2.24 bits per heavy atom. The summed E-state index contributed by atoms with van der Waals surface area (Å²) in [6.07, 6.45) is 6.77. The average molecular weight is 242 g/mol. The molecule has 0 aliphatic heterocycles. The summed E-state index contributed by atoms with van der Waals surface area (Å²) in [4.78, 5) is 2.57. The number of rotatable bonds is 12. The second-order valence-electron chi connectivity index (χ2n) is 5.45. The summed E-state index contributed by atoms with van der Waals surface area (Å²) in [5, 5.41) is 3.51. The predicted molar refractivity (Wildman–Crippen MR) is 78.6 cm³/mol. The summed E-state index contributed by atoms with van der Waals surface area (Å²) >= 11 is 0. The van der Waals surface area contributed by atoms with Crippen LogP contribution in [0.15, 0.2) is 0 Å². The van der Waals surface area contributed by atoms with E-state index >= 15 is 0 Å². The maximum absolute atomic E-state index is 3.51. The van der Waals surface area contributed by atoms with Crippen molar-refractivity contribution in [3.63, 3.8) is 0 Å². The second kappa shape index (κ2) is 12.4. The molecular formula is C15H34N2. The highest BCUT2D eigenvalue weighted by Crippen LogP contribution is 2.02. The van der Waals surface area contributed by atoms with E-state index in [1.165, 1.54) is 64.8 Å². The lowest BCUT2D eigenvalue weighted by Gasteiger charge is -2.19. The molecule has 0 bridgehead atoms. The Morgan fingerprint density at radius 1 is 0.941 bits per heavy atom. The van der Waals surface area contributed by atoms with Gasteiger partial charge in [0.1, 0.15) is 0 Å². The van der Waals surface area contributed by atoms with Crippen LogP contribution in [0.5, 0.6) is 0 Å². The van der Waals surface area contributed by atoms with Gasteiger partial charge in [0.25, 0.3) is 0 Å². The topological polar surface area (TPSA) is 15.3 Å². The zero-order valence-electron chi connectivity index (χ0n) is 12.6. The van der Waals surface area contributed by atoms with E-state index in [1.807, 2.05) is 0 Å². The molecule has 0 heterocycles. The lowest BCUT2D eigenvalue weighted by Crippen LogP contribution is -2.25. The summed E-state index contributed by atoms with van der Waals surface area (Å²) in [6, 6.07) is 0. The summed E-state index contributed by atoms with van der Waals surface area (Å²) in [5.41, 5.74) is 0. The molecule has 17 heavy (non-hydrogen) atoms. The minimum atomic E-state index is 0.780. The van der Waals surface area contributed by atoms with Gasteiger partial charge in [0, 0.05) is 0 Å². The van der Waals surface area contributed by atoms with Crippen molar-refractivity contribution in [1.29, 1.82) is 0 Å². The first kappa shape index (κ1) is 16.9. The Morgan fingerprint density at radius 2 is 1.65 bits per heavy atom. The van der Waals surface area contributed by atoms with E-state index in [-0.39, 0.29) is 0 Å². The van der Waals surface area contributed by atoms with Crippen molar-refractivity contribution in [2.24, 2.45) is 5.92 Å². The molecule has 0 fully saturated rings. The third-order valence-corrected chi connectivity index (χ3v) is 3.12. The van der Waals surface area contributed by atoms with Crippen LogP contribution in [0.3, 0.4) is 0 Å². The fraction of sp³-hybridized carbons (Fsp3) is 1.00. The highest BCUT2D eigenvalue weighted by molar-refractivity contribution is 4.56. The van der Waals surface area contributed by atoms with E-state index < -0.39 is 0 Å². The Hall–Kier alpha value is -0.0800. The highest BCUT2D eigenvalue weighted by Gasteiger charge is 1.99. The normalized spacial score (nSPS) is 11.6. The lowest BCUT2D eigenvalue weighted by atomic mass is 10.1. The molecule has 0 aliphatic rings. The molecule has 1 N–H and O–H groups in total. The van der Waals surface area contributed by atoms with Crippen LogP contribution in [0.2, 0.25) is 0 Å². The van der Waals surface area contributed by atoms with Gasteiger partial charge >= 0.3 is 0 Å². The van der Waals surface area contributed by atoms with Crippen molar-refractivity contribution in [1.82, 2.24) is 10.2 Å². The van der Waals surface area contributed by atoms with Gasteiger partial charge in [-0.15, -0.1) is 0 Å². The third kappa shape index (κ3) is 12.2. The zero-order valence-corrected chi connectivity index (χ0v) is 12.6. The number of unbranched alkanes of at least 4 members (excludes halogenated alkanes) is 3. The van der Waals surface area contributed by atoms with Crippen molar-refractivity contribution in [2.75, 3.05) is 32.7 Å². The van der Waals surface area contributed by atoms with Crippen LogP contribution in [-0.4, -0.2) is 37.6 Å². The molecule has 0 radical (unpaired) electrons. The summed E-state index contributed by atoms with van der Waals surface area (Å²) < 4.78 is 0. The van der Waals surface area contributed by atoms with Gasteiger partial charge in [-0.05, 0) is 57.9 Å². The Bertz CT molecular complexity index is 146. The number of nitrogens with one attached hydrogen (secondary N) is 1. The smallest absolute Gasteiger partial charge is 0.00189 e. The number of hydrogen-bond donors (Lipinski definition) is 1. The van der Waals surface area contributed by atoms with Crippen molar-refractivity contribution in [2.45, 2.75) is 59.8 Å². The van der Waals surface area contributed by atoms with Crippen LogP contribution in [0.1, 0.15) is 59.8 Å². The van der Waals surface area contributed by atoms with Crippen LogP contribution in [0, 0.1) is 5.92 Å². The van der Waals surface area contributed by atoms with Gasteiger partial charge in [-0.3, -0.25) is 0 Å². The Kier molecular flexibility index (Phi) is 12.3. The van der Waals surface area contributed by atoms with Crippen molar-refractivity contribution in [3.05, 3.63) is 0 Å². The molecule has 2 nitrogen and oxygen atoms in total. The Labute approximate surface area is 109 Å². The molecule has 0 amide bonds. The van der Waals surface area contributed by atoms with Gasteiger partial charge in [-0.2, -0.15) is 0 Å². The summed E-state index contributed by atoms with van der Waals surface area (Å²) in [6.45, 7) is 15.2. The predicted octanol–water partition coefficient (Wildman–Crippen LogP) is 3.52. The molecule has 0 saturated carbocycles. The van der Waals surface area contributed by atoms with E-state index in [4.69, 9.17) is 0 Å². The van der Waals surface area contributed by atoms with Gasteiger partial charge in [0.2, 0.25) is 0 Å². The van der Waals surface area contributed by atoms with Gasteiger partial charge in [0.05, 0.1) is 0 Å². The van der Waals surface area contributed by atoms with Crippen LogP contribution in [0.4, 0.5) is 0 Å². The van der Waals surface area contributed by atoms with Gasteiger partial charge in [0.15, 0.2) is 0 Å². The van der Waals surface area contributed by atoms with Crippen molar-refractivity contribution < 1.29 is 0 Å². The second-order valence-corrected chi connectivity index (χ2v) is 5.45. The first-order chi connectivity index (χ1) is 8.20. The molecule has 0 aromatic carbocycles. The first-order valence-corrected chi connectivity index (χ1v) is 7.63. The zero-order chi connectivity index (χ0) is 12.9. The quantitative estimate of drug-likeness (QED) is 0.527. The molecule has 104 valence electrons. The van der Waals surface area contributed by atoms with E-state index in [0.29, 0.717) is 0 Å². The first-order valence-electron chi connectivity index (χ1n) is 7.63. The lowest BCUT2D eigenvalue weighted by molar-refractivity contribution is 0.281. The summed E-state index contributed by atoms with van der Waals surface area (Å²) in [5.74, 6) is 0.780. The minimum Gasteiger partial charge on any atom is -0.316 e. The maximum Gasteiger partial charge on any atom is -0.00189 e. The van der Waals surface area contributed by atoms with Gasteiger partial charge < -0.3 is 10.2 Å². The van der Waals surface area contributed by atoms with Gasteiger partial charge in [-0.25, -0.2) is 0 Å². The van der Waals surface area contributed by atoms with E-state index in [0.717, 1.165) is 5.92 Å². The fourth-order valence-electron chi connectivity index (χ4n) is 2.07. The molecule has 0 aliphatic carbocycles. The fourth-order valence-corrected chi connectivity index (χ4v) is 2.07. The van der Waals surface area contributed by atoms with Crippen LogP contribution in [-0.2, 0) is 0 Å². The monoisotopic (exact) mass is 242 g/mol. The summed E-state index contributed by atoms with van der Waals surface area (Å²) in [7, 11) is 0. The largest absolute Gasteiger partial charge is 0.316 e.